The van der Waals surface area contributed by atoms with Gasteiger partial charge in [-0.3, -0.25) is 0 Å². The Balaban J connectivity index is 1.72. The molecule has 2 N–H and O–H groups in total. The van der Waals surface area contributed by atoms with Gasteiger partial charge in [-0.05, 0) is 29.7 Å². The summed E-state index contributed by atoms with van der Waals surface area (Å²) in [7, 11) is 0. The molecular weight excluding hydrogens is 286 g/mol. The molecule has 0 bridgehead atoms. The first-order valence-electron chi connectivity index (χ1n) is 8.01. The molecule has 0 aliphatic carbocycles. The van der Waals surface area contributed by atoms with Crippen molar-refractivity contribution in [3.8, 4) is 11.1 Å². The summed E-state index contributed by atoms with van der Waals surface area (Å²) in [5.74, 6) is 0.606. The van der Waals surface area contributed by atoms with Gasteiger partial charge in [0.1, 0.15) is 0 Å². The molecule has 4 heteroatoms. The van der Waals surface area contributed by atoms with Crippen LogP contribution in [0.3, 0.4) is 0 Å². The molecule has 4 nitrogen and oxygen atoms in total. The van der Waals surface area contributed by atoms with E-state index in [-0.39, 0.29) is 0 Å². The smallest absolute Gasteiger partial charge is 0.191 e. The molecule has 0 unspecified atom stereocenters. The molecular formula is C19H23N3O. The summed E-state index contributed by atoms with van der Waals surface area (Å²) >= 11 is 0. The lowest BCUT2D eigenvalue weighted by Crippen LogP contribution is -2.44. The highest BCUT2D eigenvalue weighted by Crippen LogP contribution is 2.21. The summed E-state index contributed by atoms with van der Waals surface area (Å²) in [6.07, 6.45) is 0. The molecule has 2 aromatic rings. The summed E-state index contributed by atoms with van der Waals surface area (Å²) in [4.78, 5) is 6.61. The van der Waals surface area contributed by atoms with Crippen molar-refractivity contribution in [2.24, 2.45) is 10.7 Å². The molecule has 1 fully saturated rings. The third-order valence-corrected chi connectivity index (χ3v) is 4.04. The van der Waals surface area contributed by atoms with Crippen LogP contribution < -0.4 is 5.73 Å². The number of nitrogens with zero attached hydrogens (tertiary/aromatic N) is 2. The maximum atomic E-state index is 6.09. The summed E-state index contributed by atoms with van der Waals surface area (Å²) in [5, 5.41) is 0. The fourth-order valence-electron chi connectivity index (χ4n) is 2.74. The molecule has 120 valence electrons. The second-order valence-corrected chi connectivity index (χ2v) is 5.84. The van der Waals surface area contributed by atoms with E-state index in [1.807, 2.05) is 0 Å². The molecule has 0 radical (unpaired) electrons. The number of aryl methyl sites for hydroxylation is 1. The molecule has 1 aliphatic heterocycles. The third kappa shape index (κ3) is 4.11. The largest absolute Gasteiger partial charge is 0.378 e. The van der Waals surface area contributed by atoms with E-state index in [0.717, 1.165) is 26.3 Å². The van der Waals surface area contributed by atoms with Gasteiger partial charge in [-0.15, -0.1) is 0 Å². The van der Waals surface area contributed by atoms with Crippen LogP contribution in [0.4, 0.5) is 0 Å². The SMILES string of the molecule is Cc1cccc(-c2cccc(CN=C(N)N3CCOCC3)c2)c1. The van der Waals surface area contributed by atoms with Crippen LogP contribution in [0.25, 0.3) is 11.1 Å². The molecule has 1 aliphatic rings. The third-order valence-electron chi connectivity index (χ3n) is 4.04. The Morgan fingerprint density at radius 2 is 1.78 bits per heavy atom. The molecule has 23 heavy (non-hydrogen) atoms. The normalized spacial score (nSPS) is 15.7. The van der Waals surface area contributed by atoms with Crippen molar-refractivity contribution in [2.75, 3.05) is 26.3 Å². The van der Waals surface area contributed by atoms with Crippen molar-refractivity contribution in [2.45, 2.75) is 13.5 Å². The molecule has 0 amide bonds. The molecule has 0 atom stereocenters. The highest BCUT2D eigenvalue weighted by atomic mass is 16.5. The predicted molar refractivity (Wildman–Crippen MR) is 94.3 cm³/mol. The van der Waals surface area contributed by atoms with E-state index in [9.17, 15) is 0 Å². The minimum Gasteiger partial charge on any atom is -0.378 e. The standard InChI is InChI=1S/C19H23N3O/c1-15-4-2-6-17(12-15)18-7-3-5-16(13-18)14-21-19(20)22-8-10-23-11-9-22/h2-7,12-13H,8-11,14H2,1H3,(H2,20,21). The van der Waals surface area contributed by atoms with Crippen LogP contribution in [0.15, 0.2) is 53.5 Å². The number of guanidine groups is 1. The second kappa shape index (κ2) is 7.29. The first kappa shape index (κ1) is 15.6. The minimum atomic E-state index is 0.600. The maximum Gasteiger partial charge on any atom is 0.191 e. The number of benzene rings is 2. The number of hydrogen-bond donors (Lipinski definition) is 1. The Labute approximate surface area is 137 Å². The monoisotopic (exact) mass is 309 g/mol. The van der Waals surface area contributed by atoms with Crippen molar-refractivity contribution < 1.29 is 4.74 Å². The van der Waals surface area contributed by atoms with E-state index in [1.165, 1.54) is 22.3 Å². The zero-order chi connectivity index (χ0) is 16.1. The zero-order valence-corrected chi connectivity index (χ0v) is 13.5. The second-order valence-electron chi connectivity index (χ2n) is 5.84. The van der Waals surface area contributed by atoms with Crippen molar-refractivity contribution in [3.05, 3.63) is 59.7 Å². The van der Waals surface area contributed by atoms with E-state index in [2.05, 4.69) is 65.3 Å². The first-order chi connectivity index (χ1) is 11.2. The van der Waals surface area contributed by atoms with Crippen LogP contribution in [0.2, 0.25) is 0 Å². The van der Waals surface area contributed by atoms with Crippen molar-refractivity contribution in [3.63, 3.8) is 0 Å². The Hall–Kier alpha value is -2.33. The zero-order valence-electron chi connectivity index (χ0n) is 13.5. The molecule has 1 heterocycles. The van der Waals surface area contributed by atoms with E-state index in [1.54, 1.807) is 0 Å². The van der Waals surface area contributed by atoms with Gasteiger partial charge in [-0.1, -0.05) is 48.0 Å². The van der Waals surface area contributed by atoms with Gasteiger partial charge in [0.2, 0.25) is 0 Å². The van der Waals surface area contributed by atoms with Gasteiger partial charge in [-0.2, -0.15) is 0 Å². The van der Waals surface area contributed by atoms with E-state index in [0.29, 0.717) is 12.5 Å². The molecule has 1 saturated heterocycles. The van der Waals surface area contributed by atoms with Crippen molar-refractivity contribution in [1.29, 1.82) is 0 Å². The van der Waals surface area contributed by atoms with Gasteiger partial charge in [0.15, 0.2) is 5.96 Å². The molecule has 0 aromatic heterocycles. The predicted octanol–water partition coefficient (Wildman–Crippen LogP) is 2.81. The lowest BCUT2D eigenvalue weighted by atomic mass is 10.0. The first-order valence-corrected chi connectivity index (χ1v) is 8.01. The maximum absolute atomic E-state index is 6.09. The Kier molecular flexibility index (Phi) is 4.93. The number of morpholine rings is 1. The Bertz CT molecular complexity index is 691. The Morgan fingerprint density at radius 1 is 1.09 bits per heavy atom. The van der Waals surface area contributed by atoms with Gasteiger partial charge < -0.3 is 15.4 Å². The number of hydrogen-bond acceptors (Lipinski definition) is 2. The average molecular weight is 309 g/mol. The lowest BCUT2D eigenvalue weighted by molar-refractivity contribution is 0.0674. The molecule has 0 spiro atoms. The fourth-order valence-corrected chi connectivity index (χ4v) is 2.74. The highest BCUT2D eigenvalue weighted by molar-refractivity contribution is 5.78. The van der Waals surface area contributed by atoms with Crippen LogP contribution in [0.1, 0.15) is 11.1 Å². The topological polar surface area (TPSA) is 50.8 Å². The number of rotatable bonds is 3. The summed E-state index contributed by atoms with van der Waals surface area (Å²) < 4.78 is 5.33. The minimum absolute atomic E-state index is 0.600. The average Bonchev–Trinajstić information content (AvgIpc) is 2.61. The number of aliphatic imine (C=N–C) groups is 1. The van der Waals surface area contributed by atoms with Gasteiger partial charge in [-0.25, -0.2) is 4.99 Å². The van der Waals surface area contributed by atoms with Gasteiger partial charge in [0.05, 0.1) is 19.8 Å². The molecule has 2 aromatic carbocycles. The van der Waals surface area contributed by atoms with E-state index in [4.69, 9.17) is 10.5 Å². The van der Waals surface area contributed by atoms with E-state index < -0.39 is 0 Å². The van der Waals surface area contributed by atoms with E-state index >= 15 is 0 Å². The Morgan fingerprint density at radius 3 is 2.52 bits per heavy atom. The number of ether oxygens (including phenoxy) is 1. The fraction of sp³-hybridized carbons (Fsp3) is 0.316. The van der Waals surface area contributed by atoms with Crippen molar-refractivity contribution in [1.82, 2.24) is 4.90 Å². The van der Waals surface area contributed by atoms with Gasteiger partial charge in [0, 0.05) is 13.1 Å². The number of nitrogens with two attached hydrogens (primary N) is 1. The summed E-state index contributed by atoms with van der Waals surface area (Å²) in [6.45, 7) is 5.79. The van der Waals surface area contributed by atoms with Crippen LogP contribution in [-0.2, 0) is 11.3 Å². The lowest BCUT2D eigenvalue weighted by Gasteiger charge is -2.27. The molecule has 3 rings (SSSR count). The van der Waals surface area contributed by atoms with Crippen LogP contribution in [0, 0.1) is 6.92 Å². The van der Waals surface area contributed by atoms with Gasteiger partial charge in [0.25, 0.3) is 0 Å². The quantitative estimate of drug-likeness (QED) is 0.700. The van der Waals surface area contributed by atoms with Crippen LogP contribution in [0.5, 0.6) is 0 Å². The summed E-state index contributed by atoms with van der Waals surface area (Å²) in [6, 6.07) is 17.0. The van der Waals surface area contributed by atoms with Crippen LogP contribution >= 0.6 is 0 Å². The van der Waals surface area contributed by atoms with Gasteiger partial charge >= 0.3 is 0 Å². The van der Waals surface area contributed by atoms with Crippen LogP contribution in [-0.4, -0.2) is 37.2 Å². The molecule has 0 saturated carbocycles. The summed E-state index contributed by atoms with van der Waals surface area (Å²) in [5.41, 5.74) is 11.0. The van der Waals surface area contributed by atoms with Crippen molar-refractivity contribution >= 4 is 5.96 Å². The highest BCUT2D eigenvalue weighted by Gasteiger charge is 2.11.